The minimum Gasteiger partial charge on any atom is -0.431 e. The molecule has 0 saturated carbocycles. The summed E-state index contributed by atoms with van der Waals surface area (Å²) in [5.41, 5.74) is 1.28. The highest BCUT2D eigenvalue weighted by Crippen LogP contribution is 2.33. The lowest BCUT2D eigenvalue weighted by Gasteiger charge is -2.07. The quantitative estimate of drug-likeness (QED) is 0.583. The van der Waals surface area contributed by atoms with Gasteiger partial charge in [0.15, 0.2) is 5.65 Å². The van der Waals surface area contributed by atoms with Gasteiger partial charge in [0.05, 0.1) is 11.1 Å². The molecule has 2 heterocycles. The van der Waals surface area contributed by atoms with Crippen molar-refractivity contribution < 1.29 is 9.66 Å². The van der Waals surface area contributed by atoms with Gasteiger partial charge in [0.25, 0.3) is 0 Å². The van der Waals surface area contributed by atoms with Crippen LogP contribution in [-0.4, -0.2) is 25.1 Å². The summed E-state index contributed by atoms with van der Waals surface area (Å²) < 4.78 is 5.59. The third-order valence-corrected chi connectivity index (χ3v) is 3.05. The van der Waals surface area contributed by atoms with Crippen LogP contribution in [0.3, 0.4) is 0 Å². The van der Waals surface area contributed by atoms with Gasteiger partial charge in [0, 0.05) is 6.07 Å². The van der Waals surface area contributed by atoms with E-state index in [1.54, 1.807) is 12.1 Å². The third-order valence-electron chi connectivity index (χ3n) is 3.05. The molecule has 1 aromatic carbocycles. The van der Waals surface area contributed by atoms with E-state index in [-0.39, 0.29) is 17.3 Å². The monoisotopic (exact) mass is 285 g/mol. The molecule has 1 N–H and O–H groups in total. The molecule has 0 bridgehead atoms. The fourth-order valence-corrected chi connectivity index (χ4v) is 1.94. The summed E-state index contributed by atoms with van der Waals surface area (Å²) in [5.74, 6) is 0.361. The number of nitro benzene ring substituents is 1. The fourth-order valence-electron chi connectivity index (χ4n) is 1.94. The maximum atomic E-state index is 11.2. The first-order chi connectivity index (χ1) is 10.2. The Hall–Kier alpha value is -3.03. The van der Waals surface area contributed by atoms with E-state index in [9.17, 15) is 10.1 Å². The van der Waals surface area contributed by atoms with Crippen LogP contribution in [-0.2, 0) is 6.42 Å². The predicted molar refractivity (Wildman–Crippen MR) is 74.2 cm³/mol. The van der Waals surface area contributed by atoms with Gasteiger partial charge in [0.2, 0.25) is 11.6 Å². The lowest BCUT2D eigenvalue weighted by molar-refractivity contribution is -0.385. The van der Waals surface area contributed by atoms with Crippen molar-refractivity contribution in [2.75, 3.05) is 0 Å². The highest BCUT2D eigenvalue weighted by Gasteiger charge is 2.18. The summed E-state index contributed by atoms with van der Waals surface area (Å²) in [6, 6.07) is 4.87. The predicted octanol–water partition coefficient (Wildman–Crippen LogP) is 2.62. The molecule has 0 atom stereocenters. The average Bonchev–Trinajstić information content (AvgIpc) is 2.97. The lowest BCUT2D eigenvalue weighted by atomic mass is 10.1. The molecule has 0 saturated heterocycles. The lowest BCUT2D eigenvalue weighted by Crippen LogP contribution is -1.96. The van der Waals surface area contributed by atoms with Crippen LogP contribution in [0.1, 0.15) is 12.5 Å². The Kier molecular flexibility index (Phi) is 3.19. The van der Waals surface area contributed by atoms with Crippen molar-refractivity contribution >= 4 is 16.7 Å². The molecule has 106 valence electrons. The number of aromatic nitrogens is 4. The molecule has 0 aliphatic rings. The van der Waals surface area contributed by atoms with Crippen LogP contribution >= 0.6 is 0 Å². The second kappa shape index (κ2) is 5.16. The largest absolute Gasteiger partial charge is 0.431 e. The van der Waals surface area contributed by atoms with Gasteiger partial charge in [-0.05, 0) is 18.1 Å². The standard InChI is InChI=1S/C13H11N5O3/c1-2-8-3-4-11(10(5-8)18(19)20)21-13-9-6-16-17-12(9)14-7-15-13/h3-7H,2H2,1H3,(H,14,15,16,17). The molecule has 0 fully saturated rings. The number of fused-ring (bicyclic) bond motifs is 1. The number of aryl methyl sites for hydroxylation is 1. The molecule has 8 nitrogen and oxygen atoms in total. The van der Waals surface area contributed by atoms with E-state index in [4.69, 9.17) is 4.74 Å². The van der Waals surface area contributed by atoms with E-state index >= 15 is 0 Å². The van der Waals surface area contributed by atoms with E-state index < -0.39 is 4.92 Å². The number of nitrogens with zero attached hydrogens (tertiary/aromatic N) is 4. The number of ether oxygens (including phenoxy) is 1. The topological polar surface area (TPSA) is 107 Å². The Morgan fingerprint density at radius 2 is 2.24 bits per heavy atom. The van der Waals surface area contributed by atoms with Crippen LogP contribution in [0.15, 0.2) is 30.7 Å². The highest BCUT2D eigenvalue weighted by molar-refractivity contribution is 5.79. The van der Waals surface area contributed by atoms with E-state index in [1.165, 1.54) is 18.6 Å². The summed E-state index contributed by atoms with van der Waals surface area (Å²) >= 11 is 0. The molecule has 0 unspecified atom stereocenters. The smallest absolute Gasteiger partial charge is 0.311 e. The Morgan fingerprint density at radius 1 is 1.38 bits per heavy atom. The molecule has 21 heavy (non-hydrogen) atoms. The normalized spacial score (nSPS) is 10.7. The van der Waals surface area contributed by atoms with Crippen molar-refractivity contribution in [1.82, 2.24) is 20.2 Å². The first-order valence-electron chi connectivity index (χ1n) is 6.28. The Bertz CT molecular complexity index is 814. The van der Waals surface area contributed by atoms with E-state index in [0.29, 0.717) is 17.5 Å². The van der Waals surface area contributed by atoms with Crippen LogP contribution in [0.25, 0.3) is 11.0 Å². The minimum atomic E-state index is -0.470. The number of nitro groups is 1. The maximum absolute atomic E-state index is 11.2. The first-order valence-corrected chi connectivity index (χ1v) is 6.28. The summed E-state index contributed by atoms with van der Waals surface area (Å²) in [4.78, 5) is 18.7. The number of benzene rings is 1. The number of hydrogen-bond donors (Lipinski definition) is 1. The van der Waals surface area contributed by atoms with Crippen LogP contribution in [0.5, 0.6) is 11.6 Å². The van der Waals surface area contributed by atoms with Crippen LogP contribution in [0, 0.1) is 10.1 Å². The molecular weight excluding hydrogens is 274 g/mol. The van der Waals surface area contributed by atoms with Crippen molar-refractivity contribution in [2.45, 2.75) is 13.3 Å². The van der Waals surface area contributed by atoms with E-state index in [0.717, 1.165) is 5.56 Å². The van der Waals surface area contributed by atoms with Gasteiger partial charge in [-0.15, -0.1) is 0 Å². The molecule has 0 aliphatic carbocycles. The van der Waals surface area contributed by atoms with Gasteiger partial charge in [-0.1, -0.05) is 13.0 Å². The Balaban J connectivity index is 2.05. The SMILES string of the molecule is CCc1ccc(Oc2ncnc3[nH]ncc23)c([N+](=O)[O-])c1. The summed E-state index contributed by atoms with van der Waals surface area (Å²) in [7, 11) is 0. The van der Waals surface area contributed by atoms with Gasteiger partial charge < -0.3 is 4.74 Å². The van der Waals surface area contributed by atoms with E-state index in [2.05, 4.69) is 20.2 Å². The zero-order chi connectivity index (χ0) is 14.8. The zero-order valence-electron chi connectivity index (χ0n) is 11.1. The summed E-state index contributed by atoms with van der Waals surface area (Å²) in [6.45, 7) is 1.93. The van der Waals surface area contributed by atoms with Crippen molar-refractivity contribution in [3.05, 3.63) is 46.4 Å². The van der Waals surface area contributed by atoms with Crippen molar-refractivity contribution in [3.8, 4) is 11.6 Å². The third kappa shape index (κ3) is 2.38. The van der Waals surface area contributed by atoms with Crippen molar-refractivity contribution in [3.63, 3.8) is 0 Å². The molecule has 0 spiro atoms. The van der Waals surface area contributed by atoms with Crippen LogP contribution in [0.4, 0.5) is 5.69 Å². The summed E-state index contributed by atoms with van der Waals surface area (Å²) in [6.07, 6.45) is 3.53. The molecule has 0 radical (unpaired) electrons. The first kappa shape index (κ1) is 13.0. The molecule has 3 rings (SSSR count). The Morgan fingerprint density at radius 3 is 3.00 bits per heavy atom. The molecule has 0 amide bonds. The summed E-state index contributed by atoms with van der Waals surface area (Å²) in [5, 5.41) is 18.3. The molecule has 2 aromatic heterocycles. The van der Waals surface area contributed by atoms with Gasteiger partial charge in [-0.3, -0.25) is 15.2 Å². The molecule has 0 aliphatic heterocycles. The highest BCUT2D eigenvalue weighted by atomic mass is 16.6. The number of nitrogens with one attached hydrogen (secondary N) is 1. The van der Waals surface area contributed by atoms with Gasteiger partial charge in [-0.25, -0.2) is 9.97 Å². The number of hydrogen-bond acceptors (Lipinski definition) is 6. The number of H-pyrrole nitrogens is 1. The molecule has 3 aromatic rings. The van der Waals surface area contributed by atoms with Crippen molar-refractivity contribution in [1.29, 1.82) is 0 Å². The van der Waals surface area contributed by atoms with Crippen molar-refractivity contribution in [2.24, 2.45) is 0 Å². The van der Waals surface area contributed by atoms with Gasteiger partial charge in [-0.2, -0.15) is 5.10 Å². The zero-order valence-corrected chi connectivity index (χ0v) is 11.1. The number of aromatic amines is 1. The van der Waals surface area contributed by atoms with Gasteiger partial charge >= 0.3 is 5.69 Å². The van der Waals surface area contributed by atoms with Crippen LogP contribution in [0.2, 0.25) is 0 Å². The Labute approximate surface area is 119 Å². The molecular formula is C13H11N5O3. The second-order valence-electron chi connectivity index (χ2n) is 4.33. The maximum Gasteiger partial charge on any atom is 0.311 e. The minimum absolute atomic E-state index is 0.0930. The van der Waals surface area contributed by atoms with E-state index in [1.807, 2.05) is 6.92 Å². The molecule has 8 heteroatoms. The van der Waals surface area contributed by atoms with Gasteiger partial charge in [0.1, 0.15) is 11.7 Å². The average molecular weight is 285 g/mol. The van der Waals surface area contributed by atoms with Crippen LogP contribution < -0.4 is 4.74 Å². The fraction of sp³-hybridized carbons (Fsp3) is 0.154. The number of rotatable bonds is 4. The second-order valence-corrected chi connectivity index (χ2v) is 4.33.